The standard InChI is InChI=1S/C18H31NO/c1-7-9-15(19-8-2)13-20-17-12-14(3)10-11-16(17)18(4,5)6/h10-12,15,19H,7-9,13H2,1-6H3. The summed E-state index contributed by atoms with van der Waals surface area (Å²) in [6, 6.07) is 6.97. The molecule has 1 atom stereocenters. The van der Waals surface area contributed by atoms with E-state index in [9.17, 15) is 0 Å². The molecule has 20 heavy (non-hydrogen) atoms. The molecule has 0 amide bonds. The topological polar surface area (TPSA) is 21.3 Å². The average Bonchev–Trinajstić information content (AvgIpc) is 2.35. The Balaban J connectivity index is 2.82. The zero-order valence-corrected chi connectivity index (χ0v) is 14.0. The van der Waals surface area contributed by atoms with Crippen molar-refractivity contribution in [2.45, 2.75) is 65.8 Å². The van der Waals surface area contributed by atoms with Crippen LogP contribution in [0.2, 0.25) is 0 Å². The van der Waals surface area contributed by atoms with Crippen molar-refractivity contribution >= 4 is 0 Å². The predicted octanol–water partition coefficient (Wildman–Crippen LogP) is 4.45. The fourth-order valence-corrected chi connectivity index (χ4v) is 2.44. The molecule has 2 nitrogen and oxygen atoms in total. The molecule has 1 rings (SSSR count). The Labute approximate surface area is 124 Å². The monoisotopic (exact) mass is 277 g/mol. The largest absolute Gasteiger partial charge is 0.492 e. The minimum absolute atomic E-state index is 0.113. The van der Waals surface area contributed by atoms with Crippen molar-refractivity contribution in [3.63, 3.8) is 0 Å². The van der Waals surface area contributed by atoms with Crippen molar-refractivity contribution in [3.05, 3.63) is 29.3 Å². The lowest BCUT2D eigenvalue weighted by molar-refractivity contribution is 0.252. The Morgan fingerprint density at radius 2 is 1.90 bits per heavy atom. The van der Waals surface area contributed by atoms with E-state index in [1.165, 1.54) is 17.5 Å². The Bertz CT molecular complexity index is 400. The summed E-state index contributed by atoms with van der Waals surface area (Å²) in [4.78, 5) is 0. The number of aryl methyl sites for hydroxylation is 1. The van der Waals surface area contributed by atoms with E-state index in [2.05, 4.69) is 65.1 Å². The molecule has 1 N–H and O–H groups in total. The zero-order chi connectivity index (χ0) is 15.2. The van der Waals surface area contributed by atoms with Gasteiger partial charge in [0.1, 0.15) is 12.4 Å². The van der Waals surface area contributed by atoms with Gasteiger partial charge in [-0.25, -0.2) is 0 Å². The summed E-state index contributed by atoms with van der Waals surface area (Å²) in [6.07, 6.45) is 2.34. The highest BCUT2D eigenvalue weighted by Gasteiger charge is 2.19. The third-order valence-corrected chi connectivity index (χ3v) is 3.52. The van der Waals surface area contributed by atoms with Crippen LogP contribution in [0.4, 0.5) is 0 Å². The van der Waals surface area contributed by atoms with Crippen molar-refractivity contribution < 1.29 is 4.74 Å². The first-order valence-corrected chi connectivity index (χ1v) is 7.85. The van der Waals surface area contributed by atoms with Crippen molar-refractivity contribution in [1.29, 1.82) is 0 Å². The summed E-state index contributed by atoms with van der Waals surface area (Å²) >= 11 is 0. The van der Waals surface area contributed by atoms with Gasteiger partial charge in [0.25, 0.3) is 0 Å². The number of nitrogens with one attached hydrogen (secondary N) is 1. The molecular weight excluding hydrogens is 246 g/mol. The predicted molar refractivity (Wildman–Crippen MR) is 87.7 cm³/mol. The molecule has 0 spiro atoms. The van der Waals surface area contributed by atoms with Crippen LogP contribution in [0.15, 0.2) is 18.2 Å². The maximum Gasteiger partial charge on any atom is 0.123 e. The van der Waals surface area contributed by atoms with Crippen LogP contribution < -0.4 is 10.1 Å². The molecule has 0 heterocycles. The minimum atomic E-state index is 0.113. The second-order valence-electron chi connectivity index (χ2n) is 6.60. The molecule has 1 aromatic rings. The van der Waals surface area contributed by atoms with Gasteiger partial charge in [0.2, 0.25) is 0 Å². The normalized spacial score (nSPS) is 13.3. The average molecular weight is 277 g/mol. The van der Waals surface area contributed by atoms with Gasteiger partial charge in [0, 0.05) is 6.04 Å². The Morgan fingerprint density at radius 1 is 1.20 bits per heavy atom. The molecule has 0 saturated carbocycles. The molecular formula is C18H31NO. The van der Waals surface area contributed by atoms with Crippen molar-refractivity contribution in [1.82, 2.24) is 5.32 Å². The van der Waals surface area contributed by atoms with Crippen LogP contribution in [0.3, 0.4) is 0 Å². The van der Waals surface area contributed by atoms with Gasteiger partial charge < -0.3 is 10.1 Å². The number of rotatable bonds is 7. The maximum atomic E-state index is 6.15. The lowest BCUT2D eigenvalue weighted by Crippen LogP contribution is -2.34. The molecule has 0 saturated heterocycles. The van der Waals surface area contributed by atoms with Gasteiger partial charge in [-0.05, 0) is 42.5 Å². The van der Waals surface area contributed by atoms with Gasteiger partial charge in [-0.15, -0.1) is 0 Å². The fourth-order valence-electron chi connectivity index (χ4n) is 2.44. The van der Waals surface area contributed by atoms with E-state index in [0.29, 0.717) is 6.04 Å². The van der Waals surface area contributed by atoms with Crippen molar-refractivity contribution in [2.24, 2.45) is 0 Å². The number of benzene rings is 1. The lowest BCUT2D eigenvalue weighted by atomic mass is 9.86. The van der Waals surface area contributed by atoms with E-state index >= 15 is 0 Å². The summed E-state index contributed by atoms with van der Waals surface area (Å²) < 4.78 is 6.15. The lowest BCUT2D eigenvalue weighted by Gasteiger charge is -2.25. The third kappa shape index (κ3) is 5.16. The summed E-state index contributed by atoms with van der Waals surface area (Å²) in [7, 11) is 0. The Kier molecular flexibility index (Phi) is 6.54. The molecule has 0 aliphatic carbocycles. The van der Waals surface area contributed by atoms with Gasteiger partial charge in [-0.2, -0.15) is 0 Å². The fraction of sp³-hybridized carbons (Fsp3) is 0.667. The van der Waals surface area contributed by atoms with Crippen LogP contribution in [-0.2, 0) is 5.41 Å². The summed E-state index contributed by atoms with van der Waals surface area (Å²) in [5, 5.41) is 3.50. The highest BCUT2D eigenvalue weighted by Crippen LogP contribution is 2.32. The van der Waals surface area contributed by atoms with Gasteiger partial charge in [-0.3, -0.25) is 0 Å². The molecule has 0 radical (unpaired) electrons. The van der Waals surface area contributed by atoms with E-state index in [1.807, 2.05) is 0 Å². The van der Waals surface area contributed by atoms with Crippen LogP contribution >= 0.6 is 0 Å². The quantitative estimate of drug-likeness (QED) is 0.795. The smallest absolute Gasteiger partial charge is 0.123 e. The molecule has 0 aliphatic rings. The summed E-state index contributed by atoms with van der Waals surface area (Å²) in [5.41, 5.74) is 2.65. The highest BCUT2D eigenvalue weighted by molar-refractivity contribution is 5.41. The molecule has 1 aromatic carbocycles. The molecule has 0 fully saturated rings. The van der Waals surface area contributed by atoms with Crippen molar-refractivity contribution in [2.75, 3.05) is 13.2 Å². The summed E-state index contributed by atoms with van der Waals surface area (Å²) in [5.74, 6) is 1.04. The SMILES string of the molecule is CCCC(COc1cc(C)ccc1C(C)(C)C)NCC. The molecule has 2 heteroatoms. The van der Waals surface area contributed by atoms with E-state index in [-0.39, 0.29) is 5.41 Å². The van der Waals surface area contributed by atoms with E-state index in [4.69, 9.17) is 4.74 Å². The van der Waals surface area contributed by atoms with Crippen LogP contribution in [-0.4, -0.2) is 19.2 Å². The van der Waals surface area contributed by atoms with E-state index < -0.39 is 0 Å². The van der Waals surface area contributed by atoms with Crippen molar-refractivity contribution in [3.8, 4) is 5.75 Å². The third-order valence-electron chi connectivity index (χ3n) is 3.52. The second kappa shape index (κ2) is 7.68. The Morgan fingerprint density at radius 3 is 2.45 bits per heavy atom. The number of hydrogen-bond donors (Lipinski definition) is 1. The van der Waals surface area contributed by atoms with Crippen LogP contribution in [0.1, 0.15) is 58.6 Å². The first-order valence-electron chi connectivity index (χ1n) is 7.85. The molecule has 1 unspecified atom stereocenters. The van der Waals surface area contributed by atoms with E-state index in [0.717, 1.165) is 25.3 Å². The summed E-state index contributed by atoms with van der Waals surface area (Å²) in [6.45, 7) is 14.9. The van der Waals surface area contributed by atoms with Crippen LogP contribution in [0.25, 0.3) is 0 Å². The van der Waals surface area contributed by atoms with Gasteiger partial charge >= 0.3 is 0 Å². The molecule has 0 aliphatic heterocycles. The van der Waals surface area contributed by atoms with Gasteiger partial charge in [-0.1, -0.05) is 53.2 Å². The number of likely N-dealkylation sites (N-methyl/N-ethyl adjacent to an activating group) is 1. The Hall–Kier alpha value is -1.02. The first kappa shape index (κ1) is 17.0. The molecule has 0 bridgehead atoms. The second-order valence-corrected chi connectivity index (χ2v) is 6.60. The van der Waals surface area contributed by atoms with Crippen LogP contribution in [0, 0.1) is 6.92 Å². The molecule has 0 aromatic heterocycles. The van der Waals surface area contributed by atoms with Gasteiger partial charge in [0.15, 0.2) is 0 Å². The van der Waals surface area contributed by atoms with Gasteiger partial charge in [0.05, 0.1) is 0 Å². The van der Waals surface area contributed by atoms with Crippen LogP contribution in [0.5, 0.6) is 5.75 Å². The van der Waals surface area contributed by atoms with E-state index in [1.54, 1.807) is 0 Å². The first-order chi connectivity index (χ1) is 9.38. The number of hydrogen-bond acceptors (Lipinski definition) is 2. The molecule has 114 valence electrons. The number of ether oxygens (including phenoxy) is 1. The highest BCUT2D eigenvalue weighted by atomic mass is 16.5. The maximum absolute atomic E-state index is 6.15. The zero-order valence-electron chi connectivity index (χ0n) is 14.0. The minimum Gasteiger partial charge on any atom is -0.492 e.